The van der Waals surface area contributed by atoms with E-state index >= 15 is 0 Å². The van der Waals surface area contributed by atoms with E-state index in [4.69, 9.17) is 0 Å². The number of nitrogens with zero attached hydrogens (tertiary/aromatic N) is 2. The zero-order valence-corrected chi connectivity index (χ0v) is 10.7. The molecular weight excluding hydrogens is 322 g/mol. The van der Waals surface area contributed by atoms with E-state index in [9.17, 15) is 9.50 Å². The third-order valence-electron chi connectivity index (χ3n) is 2.25. The lowest BCUT2D eigenvalue weighted by Gasteiger charge is -2.12. The summed E-state index contributed by atoms with van der Waals surface area (Å²) in [7, 11) is 0. The van der Waals surface area contributed by atoms with Crippen LogP contribution in [-0.2, 0) is 0 Å². The molecule has 0 aliphatic heterocycles. The molecule has 0 bridgehead atoms. The number of aliphatic hydroxyl groups excluding tert-OH is 1. The third-order valence-corrected chi connectivity index (χ3v) is 2.80. The van der Waals surface area contributed by atoms with E-state index in [0.717, 1.165) is 3.57 Å². The lowest BCUT2D eigenvalue weighted by Crippen LogP contribution is -2.05. The molecule has 5 heteroatoms. The maximum absolute atomic E-state index is 13.6. The van der Waals surface area contributed by atoms with E-state index in [2.05, 4.69) is 27.7 Å². The van der Waals surface area contributed by atoms with Gasteiger partial charge in [0.15, 0.2) is 0 Å². The van der Waals surface area contributed by atoms with Gasteiger partial charge in [-0.2, -0.15) is 5.10 Å². The van der Waals surface area contributed by atoms with Crippen LogP contribution in [0.2, 0.25) is 0 Å². The van der Waals surface area contributed by atoms with E-state index in [1.165, 1.54) is 13.0 Å². The molecule has 1 N–H and O–H groups in total. The van der Waals surface area contributed by atoms with Crippen molar-refractivity contribution >= 4 is 22.6 Å². The second-order valence-corrected chi connectivity index (χ2v) is 4.70. The Morgan fingerprint density at radius 3 is 2.81 bits per heavy atom. The van der Waals surface area contributed by atoms with Crippen molar-refractivity contribution in [3.8, 4) is 5.69 Å². The Kier molecular flexibility index (Phi) is 3.25. The van der Waals surface area contributed by atoms with E-state index in [-0.39, 0.29) is 5.56 Å². The molecule has 0 aliphatic rings. The Labute approximate surface area is 106 Å². The molecule has 2 aromatic rings. The van der Waals surface area contributed by atoms with Crippen molar-refractivity contribution in [1.82, 2.24) is 9.78 Å². The highest BCUT2D eigenvalue weighted by atomic mass is 127. The minimum atomic E-state index is -0.863. The molecule has 0 radical (unpaired) electrons. The van der Waals surface area contributed by atoms with Crippen molar-refractivity contribution in [2.75, 3.05) is 0 Å². The van der Waals surface area contributed by atoms with Crippen molar-refractivity contribution in [3.63, 3.8) is 0 Å². The van der Waals surface area contributed by atoms with Gasteiger partial charge in [0.05, 0.1) is 21.6 Å². The van der Waals surface area contributed by atoms with Gasteiger partial charge in [-0.25, -0.2) is 9.07 Å². The molecular formula is C11H10FIN2O. The standard InChI is InChI=1S/C11H10FIN2O/c1-7(16)11-9(12)3-2-4-10(11)15-6-8(13)5-14-15/h2-7,16H,1H3/t7-/m1/s1. The van der Waals surface area contributed by atoms with Gasteiger partial charge in [0, 0.05) is 11.8 Å². The molecule has 0 fully saturated rings. The molecule has 1 aromatic carbocycles. The summed E-state index contributed by atoms with van der Waals surface area (Å²) >= 11 is 2.13. The summed E-state index contributed by atoms with van der Waals surface area (Å²) in [6, 6.07) is 4.67. The van der Waals surface area contributed by atoms with E-state index in [1.807, 2.05) is 0 Å². The van der Waals surface area contributed by atoms with Crippen LogP contribution in [-0.4, -0.2) is 14.9 Å². The Hall–Kier alpha value is -0.950. The molecule has 0 saturated heterocycles. The Morgan fingerprint density at radius 1 is 1.50 bits per heavy atom. The van der Waals surface area contributed by atoms with Crippen molar-refractivity contribution in [3.05, 3.63) is 45.5 Å². The number of benzene rings is 1. The highest BCUT2D eigenvalue weighted by Gasteiger charge is 2.15. The zero-order chi connectivity index (χ0) is 11.7. The average molecular weight is 332 g/mol. The summed E-state index contributed by atoms with van der Waals surface area (Å²) in [4.78, 5) is 0. The van der Waals surface area contributed by atoms with Gasteiger partial charge in [-0.05, 0) is 41.6 Å². The number of hydrogen-bond donors (Lipinski definition) is 1. The molecule has 1 aromatic heterocycles. The maximum atomic E-state index is 13.6. The van der Waals surface area contributed by atoms with Gasteiger partial charge >= 0.3 is 0 Å². The Balaban J connectivity index is 2.60. The lowest BCUT2D eigenvalue weighted by molar-refractivity contribution is 0.194. The van der Waals surface area contributed by atoms with Gasteiger partial charge in [-0.15, -0.1) is 0 Å². The van der Waals surface area contributed by atoms with Gasteiger partial charge in [-0.3, -0.25) is 0 Å². The first-order valence-electron chi connectivity index (χ1n) is 4.76. The summed E-state index contributed by atoms with van der Waals surface area (Å²) in [6.45, 7) is 1.54. The SMILES string of the molecule is C[C@@H](O)c1c(F)cccc1-n1cc(I)cn1. The van der Waals surface area contributed by atoms with Gasteiger partial charge in [-0.1, -0.05) is 6.07 Å². The molecule has 2 rings (SSSR count). The van der Waals surface area contributed by atoms with Crippen molar-refractivity contribution in [1.29, 1.82) is 0 Å². The summed E-state index contributed by atoms with van der Waals surface area (Å²) in [5, 5.41) is 13.7. The third kappa shape index (κ3) is 2.10. The van der Waals surface area contributed by atoms with Gasteiger partial charge in [0.2, 0.25) is 0 Å². The predicted octanol–water partition coefficient (Wildman–Crippen LogP) is 2.67. The van der Waals surface area contributed by atoms with Crippen molar-refractivity contribution in [2.24, 2.45) is 0 Å². The van der Waals surface area contributed by atoms with E-state index < -0.39 is 11.9 Å². The number of rotatable bonds is 2. The number of halogens is 2. The summed E-state index contributed by atoms with van der Waals surface area (Å²) < 4.78 is 16.1. The predicted molar refractivity (Wildman–Crippen MR) is 66.9 cm³/mol. The average Bonchev–Trinajstić information content (AvgIpc) is 2.63. The number of aliphatic hydroxyl groups is 1. The van der Waals surface area contributed by atoms with Crippen LogP contribution < -0.4 is 0 Å². The van der Waals surface area contributed by atoms with Crippen molar-refractivity contribution in [2.45, 2.75) is 13.0 Å². The van der Waals surface area contributed by atoms with Crippen LogP contribution in [0.3, 0.4) is 0 Å². The second kappa shape index (κ2) is 4.50. The minimum absolute atomic E-state index is 0.266. The fourth-order valence-electron chi connectivity index (χ4n) is 1.57. The first kappa shape index (κ1) is 11.5. The van der Waals surface area contributed by atoms with Crippen LogP contribution in [0.4, 0.5) is 4.39 Å². The zero-order valence-electron chi connectivity index (χ0n) is 8.56. The number of hydrogen-bond acceptors (Lipinski definition) is 2. The van der Waals surface area contributed by atoms with Crippen LogP contribution in [0.5, 0.6) is 0 Å². The topological polar surface area (TPSA) is 38.0 Å². The highest BCUT2D eigenvalue weighted by Crippen LogP contribution is 2.24. The molecule has 1 heterocycles. The number of aromatic nitrogens is 2. The summed E-state index contributed by atoms with van der Waals surface area (Å²) in [5.41, 5.74) is 0.833. The molecule has 84 valence electrons. The molecule has 1 atom stereocenters. The van der Waals surface area contributed by atoms with Crippen LogP contribution >= 0.6 is 22.6 Å². The fraction of sp³-hybridized carbons (Fsp3) is 0.182. The molecule has 0 unspecified atom stereocenters. The normalized spacial score (nSPS) is 12.8. The maximum Gasteiger partial charge on any atom is 0.131 e. The van der Waals surface area contributed by atoms with E-state index in [1.54, 1.807) is 29.2 Å². The lowest BCUT2D eigenvalue weighted by atomic mass is 10.1. The van der Waals surface area contributed by atoms with Crippen LogP contribution in [0.1, 0.15) is 18.6 Å². The molecule has 0 saturated carbocycles. The van der Waals surface area contributed by atoms with Crippen LogP contribution in [0.25, 0.3) is 5.69 Å². The Bertz CT molecular complexity index is 510. The first-order chi connectivity index (χ1) is 7.59. The highest BCUT2D eigenvalue weighted by molar-refractivity contribution is 14.1. The molecule has 16 heavy (non-hydrogen) atoms. The van der Waals surface area contributed by atoms with Crippen LogP contribution in [0.15, 0.2) is 30.6 Å². The van der Waals surface area contributed by atoms with Gasteiger partial charge in [0.1, 0.15) is 5.82 Å². The largest absolute Gasteiger partial charge is 0.389 e. The smallest absolute Gasteiger partial charge is 0.131 e. The second-order valence-electron chi connectivity index (χ2n) is 3.45. The van der Waals surface area contributed by atoms with Gasteiger partial charge in [0.25, 0.3) is 0 Å². The van der Waals surface area contributed by atoms with E-state index in [0.29, 0.717) is 5.69 Å². The monoisotopic (exact) mass is 332 g/mol. The Morgan fingerprint density at radius 2 is 2.25 bits per heavy atom. The fourth-order valence-corrected chi connectivity index (χ4v) is 1.96. The first-order valence-corrected chi connectivity index (χ1v) is 5.84. The van der Waals surface area contributed by atoms with Gasteiger partial charge < -0.3 is 5.11 Å². The summed E-state index contributed by atoms with van der Waals surface area (Å²) in [5.74, 6) is -0.419. The molecule has 3 nitrogen and oxygen atoms in total. The summed E-state index contributed by atoms with van der Waals surface area (Å²) in [6.07, 6.45) is 2.59. The quantitative estimate of drug-likeness (QED) is 0.859. The molecule has 0 amide bonds. The van der Waals surface area contributed by atoms with Crippen molar-refractivity contribution < 1.29 is 9.50 Å². The molecule has 0 spiro atoms. The molecule has 0 aliphatic carbocycles. The van der Waals surface area contributed by atoms with Crippen LogP contribution in [0, 0.1) is 9.39 Å². The minimum Gasteiger partial charge on any atom is -0.389 e.